The molecule has 1 fully saturated rings. The summed E-state index contributed by atoms with van der Waals surface area (Å²) in [5, 5.41) is 3.46. The number of nitrogens with zero attached hydrogens (tertiary/aromatic N) is 1. The summed E-state index contributed by atoms with van der Waals surface area (Å²) in [6, 6.07) is 8.58. The lowest BCUT2D eigenvalue weighted by Crippen LogP contribution is -2.35. The maximum atomic E-state index is 5.57. The molecule has 0 saturated carbocycles. The summed E-state index contributed by atoms with van der Waals surface area (Å²) < 4.78 is 0. The zero-order valence-corrected chi connectivity index (χ0v) is 11.7. The average molecular weight is 263 g/mol. The molecule has 1 aromatic rings. The average Bonchev–Trinajstić information content (AvgIpc) is 2.90. The van der Waals surface area contributed by atoms with Crippen molar-refractivity contribution in [2.45, 2.75) is 25.8 Å². The van der Waals surface area contributed by atoms with Gasteiger partial charge < -0.3 is 11.1 Å². The zero-order valence-electron chi connectivity index (χ0n) is 10.9. The van der Waals surface area contributed by atoms with Gasteiger partial charge in [0.15, 0.2) is 0 Å². The second-order valence-electron chi connectivity index (χ2n) is 4.91. The van der Waals surface area contributed by atoms with Gasteiger partial charge in [0, 0.05) is 23.8 Å². The van der Waals surface area contributed by atoms with Crippen molar-refractivity contribution in [1.29, 1.82) is 0 Å². The fourth-order valence-electron chi connectivity index (χ4n) is 2.33. The molecule has 1 heterocycles. The standard InChI is InChI=1S/C14H21N3S/c1-11(17-8-2-3-9-17)10-16-13-6-4-12(5-7-13)14(15)18/h4-7,11,16H,2-3,8-10H2,1H3,(H2,15,18). The highest BCUT2D eigenvalue weighted by Crippen LogP contribution is 2.13. The van der Waals surface area contributed by atoms with E-state index in [4.69, 9.17) is 18.0 Å². The number of rotatable bonds is 5. The molecule has 0 spiro atoms. The molecule has 2 rings (SSSR count). The highest BCUT2D eigenvalue weighted by Gasteiger charge is 2.17. The summed E-state index contributed by atoms with van der Waals surface area (Å²) in [6.07, 6.45) is 2.68. The van der Waals surface area contributed by atoms with Gasteiger partial charge in [0.05, 0.1) is 0 Å². The SMILES string of the molecule is CC(CNc1ccc(C(N)=S)cc1)N1CCCC1. The lowest BCUT2D eigenvalue weighted by Gasteiger charge is -2.24. The van der Waals surface area contributed by atoms with Gasteiger partial charge in [-0.05, 0) is 57.1 Å². The number of nitrogens with two attached hydrogens (primary N) is 1. The Bertz CT molecular complexity index is 396. The number of anilines is 1. The Morgan fingerprint density at radius 2 is 1.94 bits per heavy atom. The molecule has 0 bridgehead atoms. The molecule has 1 atom stereocenters. The second kappa shape index (κ2) is 6.16. The van der Waals surface area contributed by atoms with Gasteiger partial charge in [-0.3, -0.25) is 4.90 Å². The number of likely N-dealkylation sites (tertiary alicyclic amines) is 1. The van der Waals surface area contributed by atoms with Crippen LogP contribution in [-0.2, 0) is 0 Å². The molecule has 0 amide bonds. The monoisotopic (exact) mass is 263 g/mol. The van der Waals surface area contributed by atoms with Gasteiger partial charge in [0.1, 0.15) is 4.99 Å². The van der Waals surface area contributed by atoms with E-state index in [1.807, 2.05) is 24.3 Å². The van der Waals surface area contributed by atoms with Crippen molar-refractivity contribution in [1.82, 2.24) is 4.90 Å². The molecule has 1 saturated heterocycles. The molecule has 1 aliphatic rings. The van der Waals surface area contributed by atoms with Crippen LogP contribution in [-0.4, -0.2) is 35.6 Å². The number of benzene rings is 1. The van der Waals surface area contributed by atoms with E-state index in [9.17, 15) is 0 Å². The first kappa shape index (κ1) is 13.3. The van der Waals surface area contributed by atoms with Gasteiger partial charge in [-0.2, -0.15) is 0 Å². The summed E-state index contributed by atoms with van der Waals surface area (Å²) in [7, 11) is 0. The normalized spacial score (nSPS) is 17.6. The maximum absolute atomic E-state index is 5.57. The van der Waals surface area contributed by atoms with Crippen molar-refractivity contribution >= 4 is 22.9 Å². The third-order valence-corrected chi connectivity index (χ3v) is 3.77. The van der Waals surface area contributed by atoms with Crippen LogP contribution in [0, 0.1) is 0 Å². The minimum atomic E-state index is 0.451. The van der Waals surface area contributed by atoms with Crippen molar-refractivity contribution in [3.8, 4) is 0 Å². The van der Waals surface area contributed by atoms with Crippen LogP contribution < -0.4 is 11.1 Å². The molecule has 18 heavy (non-hydrogen) atoms. The van der Waals surface area contributed by atoms with E-state index in [1.54, 1.807) is 0 Å². The third-order valence-electron chi connectivity index (χ3n) is 3.54. The highest BCUT2D eigenvalue weighted by molar-refractivity contribution is 7.80. The molecule has 0 aliphatic carbocycles. The van der Waals surface area contributed by atoms with E-state index in [0.29, 0.717) is 11.0 Å². The Hall–Kier alpha value is -1.13. The smallest absolute Gasteiger partial charge is 0.103 e. The third kappa shape index (κ3) is 3.43. The van der Waals surface area contributed by atoms with Crippen molar-refractivity contribution in [2.24, 2.45) is 5.73 Å². The molecule has 4 heteroatoms. The van der Waals surface area contributed by atoms with E-state index in [2.05, 4.69) is 17.1 Å². The summed E-state index contributed by atoms with van der Waals surface area (Å²) in [4.78, 5) is 2.99. The molecule has 3 nitrogen and oxygen atoms in total. The lowest BCUT2D eigenvalue weighted by molar-refractivity contribution is 0.269. The van der Waals surface area contributed by atoms with Crippen molar-refractivity contribution in [3.05, 3.63) is 29.8 Å². The molecular weight excluding hydrogens is 242 g/mol. The predicted molar refractivity (Wildman–Crippen MR) is 81.1 cm³/mol. The molecule has 1 aromatic carbocycles. The first-order valence-electron chi connectivity index (χ1n) is 6.54. The molecule has 1 aliphatic heterocycles. The van der Waals surface area contributed by atoms with Crippen LogP contribution in [0.5, 0.6) is 0 Å². The predicted octanol–water partition coefficient (Wildman–Crippen LogP) is 2.22. The zero-order chi connectivity index (χ0) is 13.0. The Morgan fingerprint density at radius 3 is 2.50 bits per heavy atom. The summed E-state index contributed by atoms with van der Waals surface area (Å²) >= 11 is 4.93. The van der Waals surface area contributed by atoms with Gasteiger partial charge in [-0.15, -0.1) is 0 Å². The quantitative estimate of drug-likeness (QED) is 0.799. The summed E-state index contributed by atoms with van der Waals surface area (Å²) in [5.41, 5.74) is 7.62. The Morgan fingerprint density at radius 1 is 1.33 bits per heavy atom. The second-order valence-corrected chi connectivity index (χ2v) is 5.35. The van der Waals surface area contributed by atoms with E-state index in [0.717, 1.165) is 17.8 Å². The van der Waals surface area contributed by atoms with E-state index in [1.165, 1.54) is 25.9 Å². The first-order chi connectivity index (χ1) is 8.66. The van der Waals surface area contributed by atoms with Crippen molar-refractivity contribution in [3.63, 3.8) is 0 Å². The number of thiocarbonyl (C=S) groups is 1. The van der Waals surface area contributed by atoms with Gasteiger partial charge in [-0.25, -0.2) is 0 Å². The molecule has 1 unspecified atom stereocenters. The minimum Gasteiger partial charge on any atom is -0.389 e. The van der Waals surface area contributed by atoms with Crippen molar-refractivity contribution < 1.29 is 0 Å². The Balaban J connectivity index is 1.84. The van der Waals surface area contributed by atoms with Gasteiger partial charge >= 0.3 is 0 Å². The first-order valence-corrected chi connectivity index (χ1v) is 6.95. The van der Waals surface area contributed by atoms with Gasteiger partial charge in [-0.1, -0.05) is 12.2 Å². The Labute approximate surface area is 114 Å². The number of nitrogens with one attached hydrogen (secondary N) is 1. The van der Waals surface area contributed by atoms with Crippen LogP contribution >= 0.6 is 12.2 Å². The topological polar surface area (TPSA) is 41.3 Å². The van der Waals surface area contributed by atoms with Crippen LogP contribution in [0.15, 0.2) is 24.3 Å². The van der Waals surface area contributed by atoms with Gasteiger partial charge in [0.25, 0.3) is 0 Å². The minimum absolute atomic E-state index is 0.451. The lowest BCUT2D eigenvalue weighted by atomic mass is 10.2. The van der Waals surface area contributed by atoms with Gasteiger partial charge in [0.2, 0.25) is 0 Å². The van der Waals surface area contributed by atoms with Crippen LogP contribution in [0.2, 0.25) is 0 Å². The van der Waals surface area contributed by atoms with E-state index >= 15 is 0 Å². The number of hydrogen-bond donors (Lipinski definition) is 2. The van der Waals surface area contributed by atoms with Crippen LogP contribution in [0.4, 0.5) is 5.69 Å². The molecule has 98 valence electrons. The van der Waals surface area contributed by atoms with E-state index in [-0.39, 0.29) is 0 Å². The summed E-state index contributed by atoms with van der Waals surface area (Å²) in [6.45, 7) is 5.74. The number of hydrogen-bond acceptors (Lipinski definition) is 3. The molecule has 3 N–H and O–H groups in total. The maximum Gasteiger partial charge on any atom is 0.103 e. The molecule has 0 radical (unpaired) electrons. The van der Waals surface area contributed by atoms with Crippen LogP contribution in [0.25, 0.3) is 0 Å². The molecular formula is C14H21N3S. The van der Waals surface area contributed by atoms with Crippen molar-refractivity contribution in [2.75, 3.05) is 25.0 Å². The largest absolute Gasteiger partial charge is 0.389 e. The highest BCUT2D eigenvalue weighted by atomic mass is 32.1. The van der Waals surface area contributed by atoms with E-state index < -0.39 is 0 Å². The Kier molecular flexibility index (Phi) is 4.55. The summed E-state index contributed by atoms with van der Waals surface area (Å²) in [5.74, 6) is 0. The van der Waals surface area contributed by atoms with Crippen LogP contribution in [0.3, 0.4) is 0 Å². The van der Waals surface area contributed by atoms with Crippen LogP contribution in [0.1, 0.15) is 25.3 Å². The fraction of sp³-hybridized carbons (Fsp3) is 0.500. The molecule has 0 aromatic heterocycles. The fourth-order valence-corrected chi connectivity index (χ4v) is 2.47.